The average molecular weight is 158 g/mol. The Labute approximate surface area is 51.2 Å². The molecule has 0 bridgehead atoms. The Morgan fingerprint density at radius 3 is 1.25 bits per heavy atom. The molecule has 5 heteroatoms. The van der Waals surface area contributed by atoms with E-state index in [1.807, 2.05) is 0 Å². The monoisotopic (exact) mass is 158 g/mol. The Kier molecular flexibility index (Phi) is 4.05. The Hall–Kier alpha value is 0.740. The first-order chi connectivity index (χ1) is 3.68. The van der Waals surface area contributed by atoms with Gasteiger partial charge in [0.2, 0.25) is 0 Å². The van der Waals surface area contributed by atoms with Crippen LogP contribution in [0.1, 0.15) is 0 Å². The topological polar surface area (TPSA) is 60.7 Å². The van der Waals surface area contributed by atoms with Gasteiger partial charge >= 0.3 is 50.2 Å². The molecule has 0 fully saturated rings. The molecule has 0 saturated heterocycles. The van der Waals surface area contributed by atoms with Crippen LogP contribution in [0.25, 0.3) is 0 Å². The van der Waals surface area contributed by atoms with E-state index in [9.17, 15) is 0 Å². The van der Waals surface area contributed by atoms with Gasteiger partial charge in [-0.1, -0.05) is 0 Å². The Balaban J connectivity index is 3.58. The average Bonchev–Trinajstić information content (AvgIpc) is 1.87. The SMILES string of the molecule is OC[PH](P)(CO)CO. The van der Waals surface area contributed by atoms with Crippen molar-refractivity contribution in [2.45, 2.75) is 0 Å². The third-order valence-electron chi connectivity index (χ3n) is 0.945. The van der Waals surface area contributed by atoms with E-state index in [0.717, 1.165) is 0 Å². The summed E-state index contributed by atoms with van der Waals surface area (Å²) in [6, 6.07) is 0. The third kappa shape index (κ3) is 2.34. The summed E-state index contributed by atoms with van der Waals surface area (Å²) in [5, 5.41) is 25.5. The Bertz CT molecular complexity index is 55.3. The molecular formula is C3H12O3P2. The van der Waals surface area contributed by atoms with Crippen molar-refractivity contribution in [1.82, 2.24) is 0 Å². The van der Waals surface area contributed by atoms with Gasteiger partial charge in [0.05, 0.1) is 0 Å². The zero-order valence-corrected chi connectivity index (χ0v) is 6.70. The number of hydrogen-bond acceptors (Lipinski definition) is 3. The van der Waals surface area contributed by atoms with Crippen molar-refractivity contribution < 1.29 is 15.3 Å². The summed E-state index contributed by atoms with van der Waals surface area (Å²) in [6.07, 6.45) is -0.236. The maximum atomic E-state index is 8.51. The Morgan fingerprint density at radius 1 is 1.00 bits per heavy atom. The second kappa shape index (κ2) is 3.71. The molecule has 1 atom stereocenters. The fourth-order valence-electron chi connectivity index (χ4n) is 0.150. The van der Waals surface area contributed by atoms with E-state index in [4.69, 9.17) is 15.3 Å². The predicted molar refractivity (Wildman–Crippen MR) is 39.3 cm³/mol. The van der Waals surface area contributed by atoms with Crippen LogP contribution in [-0.2, 0) is 0 Å². The van der Waals surface area contributed by atoms with Crippen LogP contribution in [0.15, 0.2) is 0 Å². The molecule has 0 aliphatic carbocycles. The zero-order valence-electron chi connectivity index (χ0n) is 4.54. The molecule has 0 aromatic carbocycles. The molecule has 52 valence electrons. The van der Waals surface area contributed by atoms with Gasteiger partial charge in [0.15, 0.2) is 0 Å². The normalized spacial score (nSPS) is 14.0. The number of aliphatic hydroxyl groups excluding tert-OH is 3. The molecule has 3 nitrogen and oxygen atoms in total. The van der Waals surface area contributed by atoms with Crippen LogP contribution in [0.4, 0.5) is 0 Å². The third-order valence-corrected chi connectivity index (χ3v) is 4.48. The van der Waals surface area contributed by atoms with E-state index in [0.29, 0.717) is 0 Å². The number of rotatable bonds is 3. The first kappa shape index (κ1) is 8.74. The van der Waals surface area contributed by atoms with Crippen LogP contribution in [0, 0.1) is 0 Å². The van der Waals surface area contributed by atoms with Crippen molar-refractivity contribution in [1.29, 1.82) is 0 Å². The maximum absolute atomic E-state index is 8.51. The van der Waals surface area contributed by atoms with Crippen molar-refractivity contribution in [2.75, 3.05) is 19.0 Å². The molecule has 8 heavy (non-hydrogen) atoms. The number of aliphatic hydroxyl groups is 3. The van der Waals surface area contributed by atoms with Crippen molar-refractivity contribution in [3.63, 3.8) is 0 Å². The van der Waals surface area contributed by atoms with Crippen molar-refractivity contribution >= 4 is 15.9 Å². The molecule has 0 saturated carbocycles. The molecule has 0 aromatic rings. The second-order valence-corrected chi connectivity index (χ2v) is 9.18. The summed E-state index contributed by atoms with van der Waals surface area (Å²) in [5.74, 6) is 0. The van der Waals surface area contributed by atoms with Gasteiger partial charge in [-0.3, -0.25) is 0 Å². The van der Waals surface area contributed by atoms with Gasteiger partial charge in [0.25, 0.3) is 0 Å². The van der Waals surface area contributed by atoms with E-state index >= 15 is 0 Å². The quantitative estimate of drug-likeness (QED) is 0.479. The molecule has 0 aliphatic rings. The fraction of sp³-hybridized carbons (Fsp3) is 1.00. The molecule has 1 unspecified atom stereocenters. The van der Waals surface area contributed by atoms with E-state index in [2.05, 4.69) is 8.93 Å². The zero-order chi connectivity index (χ0) is 6.62. The molecule has 0 amide bonds. The first-order valence-electron chi connectivity index (χ1n) is 2.30. The summed E-state index contributed by atoms with van der Waals surface area (Å²) in [7, 11) is 2.33. The van der Waals surface area contributed by atoms with Crippen LogP contribution >= 0.6 is 15.9 Å². The van der Waals surface area contributed by atoms with Gasteiger partial charge in [0.1, 0.15) is 0 Å². The fourth-order valence-corrected chi connectivity index (χ4v) is 0.450. The molecule has 0 rings (SSSR count). The molecule has 0 radical (unpaired) electrons. The summed E-state index contributed by atoms with van der Waals surface area (Å²) in [6.45, 7) is -2.09. The van der Waals surface area contributed by atoms with E-state index in [-0.39, 0.29) is 19.0 Å². The summed E-state index contributed by atoms with van der Waals surface area (Å²) >= 11 is 0. The predicted octanol–water partition coefficient (Wildman–Crippen LogP) is -0.624. The van der Waals surface area contributed by atoms with Gasteiger partial charge < -0.3 is 0 Å². The number of hydrogen-bond donors (Lipinski definition) is 3. The van der Waals surface area contributed by atoms with Crippen LogP contribution < -0.4 is 0 Å². The Morgan fingerprint density at radius 2 is 1.25 bits per heavy atom. The standard InChI is InChI=1S/C3H12O3P2/c4-1-8(7,2-5)3-6/h4-6,8H,1-3,7H2. The van der Waals surface area contributed by atoms with E-state index in [1.165, 1.54) is 0 Å². The minimum absolute atomic E-state index is 0.0787. The molecule has 0 spiro atoms. The van der Waals surface area contributed by atoms with E-state index < -0.39 is 6.95 Å². The van der Waals surface area contributed by atoms with Gasteiger partial charge in [-0.15, -0.1) is 0 Å². The summed E-state index contributed by atoms with van der Waals surface area (Å²) in [4.78, 5) is 0. The van der Waals surface area contributed by atoms with Gasteiger partial charge in [-0.2, -0.15) is 0 Å². The molecule has 3 N–H and O–H groups in total. The van der Waals surface area contributed by atoms with Crippen LogP contribution in [0.3, 0.4) is 0 Å². The molecular weight excluding hydrogens is 146 g/mol. The van der Waals surface area contributed by atoms with E-state index in [1.54, 1.807) is 0 Å². The molecule has 0 aromatic heterocycles. The first-order valence-corrected chi connectivity index (χ1v) is 6.73. The van der Waals surface area contributed by atoms with Gasteiger partial charge in [-0.25, -0.2) is 0 Å². The summed E-state index contributed by atoms with van der Waals surface area (Å²) < 4.78 is 0. The second-order valence-electron chi connectivity index (χ2n) is 1.84. The minimum atomic E-state index is -2.09. The van der Waals surface area contributed by atoms with Crippen molar-refractivity contribution in [3.8, 4) is 0 Å². The van der Waals surface area contributed by atoms with Crippen LogP contribution in [0.2, 0.25) is 0 Å². The van der Waals surface area contributed by atoms with Crippen LogP contribution in [0.5, 0.6) is 0 Å². The molecule has 0 heterocycles. The molecule has 0 aliphatic heterocycles. The van der Waals surface area contributed by atoms with Crippen molar-refractivity contribution in [2.24, 2.45) is 0 Å². The van der Waals surface area contributed by atoms with Crippen molar-refractivity contribution in [3.05, 3.63) is 0 Å². The summed E-state index contributed by atoms with van der Waals surface area (Å²) in [5.41, 5.74) is 0. The van der Waals surface area contributed by atoms with Crippen LogP contribution in [-0.4, -0.2) is 34.4 Å². The van der Waals surface area contributed by atoms with Gasteiger partial charge in [-0.05, 0) is 0 Å². The van der Waals surface area contributed by atoms with Gasteiger partial charge in [0, 0.05) is 0 Å².